The summed E-state index contributed by atoms with van der Waals surface area (Å²) in [6, 6.07) is 12.6. The van der Waals surface area contributed by atoms with Crippen molar-refractivity contribution >= 4 is 0 Å². The molecule has 0 saturated heterocycles. The summed E-state index contributed by atoms with van der Waals surface area (Å²) < 4.78 is 8.17. The van der Waals surface area contributed by atoms with Crippen molar-refractivity contribution < 1.29 is 5.11 Å². The minimum atomic E-state index is -0.124. The van der Waals surface area contributed by atoms with Gasteiger partial charge in [-0.2, -0.15) is 0 Å². The largest absolute Gasteiger partial charge is 0.392 e. The molecule has 3 nitrogen and oxygen atoms in total. The second-order valence-corrected chi connectivity index (χ2v) is 3.22. The molecule has 0 aliphatic rings. The molecule has 1 N–H and O–H groups in total. The molecule has 0 saturated carbocycles. The number of hydrogen-bond donors (Lipinski definition) is 1. The Bertz CT molecular complexity index is 522. The lowest BCUT2D eigenvalue weighted by atomic mass is 10.2. The molecule has 0 radical (unpaired) electrons. The van der Waals surface area contributed by atoms with Crippen LogP contribution < -0.4 is 5.56 Å². The Hall–Kier alpha value is -1.87. The van der Waals surface area contributed by atoms with Crippen LogP contribution in [-0.2, 0) is 6.61 Å². The standard InChI is InChI=1S/C12H11NO2/c14-9-10-6-7-13(12(15)8-10)11-4-2-1-3-5-11/h1-8,14H,9H2/i14T. The van der Waals surface area contributed by atoms with Gasteiger partial charge in [-0.15, -0.1) is 0 Å². The second-order valence-electron chi connectivity index (χ2n) is 3.22. The monoisotopic (exact) mass is 203 g/mol. The molecule has 15 heavy (non-hydrogen) atoms. The van der Waals surface area contributed by atoms with E-state index in [4.69, 9.17) is 1.43 Å². The number of aliphatic hydroxyl groups excluding tert-OH is 1. The maximum absolute atomic E-state index is 11.8. The van der Waals surface area contributed by atoms with Crippen LogP contribution in [0.15, 0.2) is 53.5 Å². The molecule has 0 amide bonds. The third-order valence-electron chi connectivity index (χ3n) is 2.19. The molecule has 1 aromatic carbocycles. The number of aliphatic hydroxyl groups is 1. The number of nitrogens with zero attached hydrogens (tertiary/aromatic N) is 1. The van der Waals surface area contributed by atoms with Crippen LogP contribution in [0.5, 0.6) is 0 Å². The van der Waals surface area contributed by atoms with Gasteiger partial charge < -0.3 is 5.11 Å². The van der Waals surface area contributed by atoms with E-state index in [9.17, 15) is 4.79 Å². The summed E-state index contributed by atoms with van der Waals surface area (Å²) in [5.74, 6) is 0. The number of hydrogen-bond acceptors (Lipinski definition) is 2. The highest BCUT2D eigenvalue weighted by Crippen LogP contribution is 2.04. The summed E-state index contributed by atoms with van der Waals surface area (Å²) >= 11 is 0. The molecule has 3 heteroatoms. The molecular weight excluding hydrogens is 190 g/mol. The van der Waals surface area contributed by atoms with Crippen molar-refractivity contribution in [1.82, 2.24) is 4.57 Å². The lowest BCUT2D eigenvalue weighted by molar-refractivity contribution is 0.281. The van der Waals surface area contributed by atoms with E-state index >= 15 is 0 Å². The Kier molecular flexibility index (Phi) is 2.31. The molecular formula is C12H11NO2. The number of rotatable bonds is 3. The van der Waals surface area contributed by atoms with Crippen LogP contribution >= 0.6 is 0 Å². The first-order valence-corrected chi connectivity index (χ1v) is 4.66. The van der Waals surface area contributed by atoms with Crippen molar-refractivity contribution in [3.05, 3.63) is 64.6 Å². The van der Waals surface area contributed by atoms with Gasteiger partial charge in [0.05, 0.1) is 6.61 Å². The van der Waals surface area contributed by atoms with Crippen molar-refractivity contribution in [2.24, 2.45) is 0 Å². The minimum absolute atomic E-state index is 0.124. The van der Waals surface area contributed by atoms with Gasteiger partial charge in [-0.05, 0) is 23.8 Å². The van der Waals surface area contributed by atoms with Gasteiger partial charge in [0.25, 0.3) is 5.56 Å². The Balaban J connectivity index is 2.41. The van der Waals surface area contributed by atoms with E-state index in [-0.39, 0.29) is 12.2 Å². The Morgan fingerprint density at radius 1 is 1.27 bits per heavy atom. The minimum Gasteiger partial charge on any atom is -0.392 e. The third kappa shape index (κ3) is 1.97. The lowest BCUT2D eigenvalue weighted by Crippen LogP contribution is -2.17. The predicted molar refractivity (Wildman–Crippen MR) is 58.0 cm³/mol. The molecule has 0 spiro atoms. The Morgan fingerprint density at radius 2 is 2.07 bits per heavy atom. The van der Waals surface area contributed by atoms with Gasteiger partial charge in [-0.1, -0.05) is 18.2 Å². The maximum Gasteiger partial charge on any atom is 0.255 e. The van der Waals surface area contributed by atoms with Crippen molar-refractivity contribution in [3.8, 4) is 5.69 Å². The summed E-state index contributed by atoms with van der Waals surface area (Å²) in [5.41, 5.74) is 1.40. The first-order chi connectivity index (χ1) is 7.81. The molecule has 0 bridgehead atoms. The van der Waals surface area contributed by atoms with E-state index < -0.39 is 0 Å². The van der Waals surface area contributed by atoms with Crippen LogP contribution in [0.4, 0.5) is 0 Å². The normalized spacial score (nSPS) is 11.1. The Labute approximate surface area is 88.7 Å². The number of benzene rings is 1. The van der Waals surface area contributed by atoms with Gasteiger partial charge >= 0.3 is 0 Å². The molecule has 0 unspecified atom stereocenters. The number of pyridine rings is 1. The molecule has 2 aromatic rings. The predicted octanol–water partition coefficient (Wildman–Crippen LogP) is 1.33. The topological polar surface area (TPSA) is 42.2 Å². The molecule has 0 aliphatic carbocycles. The zero-order valence-electron chi connectivity index (χ0n) is 9.09. The van der Waals surface area contributed by atoms with E-state index in [0.717, 1.165) is 5.69 Å². The van der Waals surface area contributed by atoms with Crippen LogP contribution in [0.25, 0.3) is 5.69 Å². The highest BCUT2D eigenvalue weighted by atomic mass is 16.3. The summed E-state index contributed by atoms with van der Waals surface area (Å²) in [7, 11) is 0. The van der Waals surface area contributed by atoms with Gasteiger partial charge in [0, 0.05) is 18.0 Å². The highest BCUT2D eigenvalue weighted by Gasteiger charge is 1.99. The fourth-order valence-electron chi connectivity index (χ4n) is 1.41. The molecule has 0 fully saturated rings. The quantitative estimate of drug-likeness (QED) is 0.817. The third-order valence-corrected chi connectivity index (χ3v) is 2.19. The fraction of sp³-hybridized carbons (Fsp3) is 0.0833. The molecule has 1 aromatic heterocycles. The highest BCUT2D eigenvalue weighted by molar-refractivity contribution is 5.32. The molecule has 2 rings (SSSR count). The molecule has 1 heterocycles. The van der Waals surface area contributed by atoms with Crippen molar-refractivity contribution in [2.45, 2.75) is 6.61 Å². The molecule has 0 atom stereocenters. The van der Waals surface area contributed by atoms with Crippen LogP contribution in [0, 0.1) is 0 Å². The van der Waals surface area contributed by atoms with Gasteiger partial charge in [0.15, 0.2) is 0 Å². The average molecular weight is 203 g/mol. The SMILES string of the molecule is [3H]OCc1ccn(-c2ccccc2)c(=O)c1. The first kappa shape index (κ1) is 8.44. The van der Waals surface area contributed by atoms with E-state index in [2.05, 4.69) is 5.11 Å². The first-order valence-electron chi connectivity index (χ1n) is 5.07. The van der Waals surface area contributed by atoms with Crippen molar-refractivity contribution in [3.63, 3.8) is 0 Å². The van der Waals surface area contributed by atoms with Crippen LogP contribution in [-0.4, -0.2) is 11.1 Å². The second kappa shape index (κ2) is 4.11. The van der Waals surface area contributed by atoms with Gasteiger partial charge in [0.2, 0.25) is 1.43 Å². The summed E-state index contributed by atoms with van der Waals surface area (Å²) in [4.78, 5) is 11.8. The number of aromatic nitrogens is 1. The average Bonchev–Trinajstić information content (AvgIpc) is 2.31. The van der Waals surface area contributed by atoms with Crippen LogP contribution in [0.3, 0.4) is 0 Å². The van der Waals surface area contributed by atoms with Crippen molar-refractivity contribution in [2.75, 3.05) is 0 Å². The zero-order chi connectivity index (χ0) is 11.4. The lowest BCUT2D eigenvalue weighted by Gasteiger charge is -2.05. The van der Waals surface area contributed by atoms with E-state index in [1.807, 2.05) is 30.3 Å². The van der Waals surface area contributed by atoms with E-state index in [0.29, 0.717) is 5.56 Å². The number of para-hydroxylation sites is 1. The Morgan fingerprint density at radius 3 is 2.73 bits per heavy atom. The summed E-state index contributed by atoms with van der Waals surface area (Å²) in [6.45, 7) is 0.130. The fourth-order valence-corrected chi connectivity index (χ4v) is 1.41. The zero-order valence-corrected chi connectivity index (χ0v) is 8.09. The van der Waals surface area contributed by atoms with Crippen molar-refractivity contribution in [1.29, 1.82) is 1.43 Å². The maximum atomic E-state index is 11.8. The van der Waals surface area contributed by atoms with Crippen LogP contribution in [0.2, 0.25) is 0 Å². The van der Waals surface area contributed by atoms with Gasteiger partial charge in [0.1, 0.15) is 0 Å². The summed E-state index contributed by atoms with van der Waals surface area (Å²) in [6.07, 6.45) is 1.69. The molecule has 76 valence electrons. The smallest absolute Gasteiger partial charge is 0.255 e. The summed E-state index contributed by atoms with van der Waals surface area (Å²) in [5, 5.41) is 4.23. The molecule has 0 aliphatic heterocycles. The van der Waals surface area contributed by atoms with Gasteiger partial charge in [-0.3, -0.25) is 9.36 Å². The van der Waals surface area contributed by atoms with E-state index in [1.54, 1.807) is 16.8 Å². The van der Waals surface area contributed by atoms with Crippen LogP contribution in [0.1, 0.15) is 5.56 Å². The van der Waals surface area contributed by atoms with E-state index in [1.165, 1.54) is 6.07 Å². The van der Waals surface area contributed by atoms with Gasteiger partial charge in [-0.25, -0.2) is 0 Å².